The van der Waals surface area contributed by atoms with E-state index in [9.17, 15) is 4.79 Å². The Kier molecular flexibility index (Phi) is 7.26. The van der Waals surface area contributed by atoms with Gasteiger partial charge in [0.2, 0.25) is 5.91 Å². The predicted octanol–water partition coefficient (Wildman–Crippen LogP) is 3.11. The second kappa shape index (κ2) is 9.43. The highest BCUT2D eigenvalue weighted by Crippen LogP contribution is 2.27. The molecule has 0 fully saturated rings. The van der Waals surface area contributed by atoms with Gasteiger partial charge in [-0.25, -0.2) is 0 Å². The van der Waals surface area contributed by atoms with Crippen LogP contribution in [0.2, 0.25) is 0 Å². The lowest BCUT2D eigenvalue weighted by Crippen LogP contribution is -2.31. The Labute approximate surface area is 159 Å². The molecule has 1 N–H and O–H groups in total. The SMILES string of the molecule is C=CCNC(=O)C(C)Sc1nnc(-c2ccc(N(CC)CC)cc2)n1C. The average Bonchev–Trinajstić information content (AvgIpc) is 3.01. The van der Waals surface area contributed by atoms with Gasteiger partial charge in [0.1, 0.15) is 0 Å². The Balaban J connectivity index is 2.13. The van der Waals surface area contributed by atoms with Gasteiger partial charge >= 0.3 is 0 Å². The number of aromatic nitrogens is 3. The second-order valence-corrected chi connectivity index (χ2v) is 7.19. The number of hydrogen-bond donors (Lipinski definition) is 1. The van der Waals surface area contributed by atoms with Crippen LogP contribution < -0.4 is 10.2 Å². The molecule has 0 aliphatic heterocycles. The van der Waals surface area contributed by atoms with Gasteiger partial charge in [-0.15, -0.1) is 16.8 Å². The van der Waals surface area contributed by atoms with Gasteiger partial charge in [0.25, 0.3) is 0 Å². The number of thioether (sulfide) groups is 1. The molecule has 7 heteroatoms. The third-order valence-electron chi connectivity index (χ3n) is 4.16. The molecule has 1 aromatic carbocycles. The molecule has 0 saturated heterocycles. The highest BCUT2D eigenvalue weighted by Gasteiger charge is 2.19. The van der Waals surface area contributed by atoms with Crippen molar-refractivity contribution in [3.63, 3.8) is 0 Å². The zero-order valence-electron chi connectivity index (χ0n) is 15.9. The lowest BCUT2D eigenvalue weighted by Gasteiger charge is -2.21. The van der Waals surface area contributed by atoms with Crippen LogP contribution in [-0.2, 0) is 11.8 Å². The quantitative estimate of drug-likeness (QED) is 0.540. The van der Waals surface area contributed by atoms with E-state index in [1.54, 1.807) is 6.08 Å². The predicted molar refractivity (Wildman–Crippen MR) is 109 cm³/mol. The average molecular weight is 374 g/mol. The minimum absolute atomic E-state index is 0.0389. The lowest BCUT2D eigenvalue weighted by molar-refractivity contribution is -0.120. The van der Waals surface area contributed by atoms with Crippen molar-refractivity contribution in [1.82, 2.24) is 20.1 Å². The van der Waals surface area contributed by atoms with Gasteiger partial charge in [-0.2, -0.15) is 0 Å². The molecule has 1 aromatic heterocycles. The molecule has 6 nitrogen and oxygen atoms in total. The van der Waals surface area contributed by atoms with Crippen LogP contribution in [0.4, 0.5) is 5.69 Å². The van der Waals surface area contributed by atoms with E-state index in [0.717, 1.165) is 24.5 Å². The number of nitrogens with zero attached hydrogens (tertiary/aromatic N) is 4. The molecular formula is C19H27N5OS. The largest absolute Gasteiger partial charge is 0.372 e. The number of hydrogen-bond acceptors (Lipinski definition) is 5. The number of carbonyl (C=O) groups excluding carboxylic acids is 1. The molecule has 140 valence electrons. The summed E-state index contributed by atoms with van der Waals surface area (Å²) in [5.41, 5.74) is 2.20. The van der Waals surface area contributed by atoms with Crippen LogP contribution in [0, 0.1) is 0 Å². The fraction of sp³-hybridized carbons (Fsp3) is 0.421. The summed E-state index contributed by atoms with van der Waals surface area (Å²) in [7, 11) is 1.92. The number of carbonyl (C=O) groups is 1. The van der Waals surface area contributed by atoms with E-state index in [4.69, 9.17) is 0 Å². The van der Waals surface area contributed by atoms with E-state index in [1.807, 2.05) is 18.5 Å². The third kappa shape index (κ3) is 4.66. The van der Waals surface area contributed by atoms with E-state index in [-0.39, 0.29) is 11.2 Å². The number of amides is 1. The van der Waals surface area contributed by atoms with Crippen molar-refractivity contribution in [2.75, 3.05) is 24.5 Å². The van der Waals surface area contributed by atoms with Crippen LogP contribution in [-0.4, -0.2) is 45.6 Å². The molecule has 1 heterocycles. The molecule has 1 unspecified atom stereocenters. The van der Waals surface area contributed by atoms with Gasteiger partial charge in [0.15, 0.2) is 11.0 Å². The van der Waals surface area contributed by atoms with Crippen LogP contribution >= 0.6 is 11.8 Å². The summed E-state index contributed by atoms with van der Waals surface area (Å²) < 4.78 is 1.92. The van der Waals surface area contributed by atoms with Crippen LogP contribution in [0.1, 0.15) is 20.8 Å². The standard InChI is InChI=1S/C19H27N5OS/c1-6-13-20-18(25)14(4)26-19-22-21-17(23(19)5)15-9-11-16(12-10-15)24(7-2)8-3/h6,9-12,14H,1,7-8,13H2,2-5H3,(H,20,25). The van der Waals surface area contributed by atoms with Crippen LogP contribution in [0.5, 0.6) is 0 Å². The molecule has 0 saturated carbocycles. The van der Waals surface area contributed by atoms with Crippen molar-refractivity contribution < 1.29 is 4.79 Å². The van der Waals surface area contributed by atoms with E-state index in [2.05, 4.69) is 65.1 Å². The van der Waals surface area contributed by atoms with Gasteiger partial charge in [-0.05, 0) is 45.0 Å². The Hall–Kier alpha value is -2.28. The molecule has 0 aliphatic carbocycles. The molecule has 2 aromatic rings. The van der Waals surface area contributed by atoms with E-state index in [1.165, 1.54) is 17.4 Å². The van der Waals surface area contributed by atoms with Crippen molar-refractivity contribution in [1.29, 1.82) is 0 Å². The first-order chi connectivity index (χ1) is 12.5. The number of anilines is 1. The maximum atomic E-state index is 12.0. The molecule has 1 amide bonds. The van der Waals surface area contributed by atoms with E-state index in [0.29, 0.717) is 11.7 Å². The zero-order chi connectivity index (χ0) is 19.1. The fourth-order valence-electron chi connectivity index (χ4n) is 2.61. The van der Waals surface area contributed by atoms with Gasteiger partial charge in [-0.3, -0.25) is 4.79 Å². The molecule has 0 aliphatic rings. The summed E-state index contributed by atoms with van der Waals surface area (Å²) in [6.45, 7) is 12.2. The van der Waals surface area contributed by atoms with Crippen LogP contribution in [0.3, 0.4) is 0 Å². The molecule has 0 spiro atoms. The molecule has 0 bridgehead atoms. The summed E-state index contributed by atoms with van der Waals surface area (Å²) in [6, 6.07) is 8.34. The van der Waals surface area contributed by atoms with Gasteiger partial charge < -0.3 is 14.8 Å². The molecule has 2 rings (SSSR count). The highest BCUT2D eigenvalue weighted by molar-refractivity contribution is 8.00. The van der Waals surface area contributed by atoms with Crippen molar-refractivity contribution in [3.05, 3.63) is 36.9 Å². The summed E-state index contributed by atoms with van der Waals surface area (Å²) in [6.07, 6.45) is 1.66. The van der Waals surface area contributed by atoms with E-state index < -0.39 is 0 Å². The first kappa shape index (κ1) is 20.0. The van der Waals surface area contributed by atoms with Crippen molar-refractivity contribution in [3.8, 4) is 11.4 Å². The third-order valence-corrected chi connectivity index (χ3v) is 5.29. The highest BCUT2D eigenvalue weighted by atomic mass is 32.2. The van der Waals surface area contributed by atoms with Crippen molar-refractivity contribution in [2.24, 2.45) is 7.05 Å². The van der Waals surface area contributed by atoms with Crippen molar-refractivity contribution >= 4 is 23.4 Å². The monoisotopic (exact) mass is 373 g/mol. The zero-order valence-corrected chi connectivity index (χ0v) is 16.7. The summed E-state index contributed by atoms with van der Waals surface area (Å²) >= 11 is 1.39. The topological polar surface area (TPSA) is 63.1 Å². The second-order valence-electron chi connectivity index (χ2n) is 5.88. The molecular weight excluding hydrogens is 346 g/mol. The maximum Gasteiger partial charge on any atom is 0.233 e. The van der Waals surface area contributed by atoms with Gasteiger partial charge in [-0.1, -0.05) is 17.8 Å². The smallest absolute Gasteiger partial charge is 0.233 e. The number of nitrogens with one attached hydrogen (secondary N) is 1. The Morgan fingerprint density at radius 2 is 1.96 bits per heavy atom. The van der Waals surface area contributed by atoms with E-state index >= 15 is 0 Å². The Morgan fingerprint density at radius 1 is 1.31 bits per heavy atom. The lowest BCUT2D eigenvalue weighted by atomic mass is 10.2. The summed E-state index contributed by atoms with van der Waals surface area (Å²) in [5.74, 6) is 0.750. The number of rotatable bonds is 9. The van der Waals surface area contributed by atoms with Crippen LogP contribution in [0.25, 0.3) is 11.4 Å². The summed E-state index contributed by atoms with van der Waals surface area (Å²) in [5, 5.41) is 11.8. The normalized spacial score (nSPS) is 11.8. The first-order valence-corrected chi connectivity index (χ1v) is 9.69. The summed E-state index contributed by atoms with van der Waals surface area (Å²) in [4.78, 5) is 14.3. The van der Waals surface area contributed by atoms with Gasteiger partial charge in [0.05, 0.1) is 5.25 Å². The Bertz CT molecular complexity index is 737. The molecule has 26 heavy (non-hydrogen) atoms. The molecule has 0 radical (unpaired) electrons. The minimum Gasteiger partial charge on any atom is -0.372 e. The minimum atomic E-state index is -0.254. The Morgan fingerprint density at radius 3 is 2.54 bits per heavy atom. The van der Waals surface area contributed by atoms with Crippen molar-refractivity contribution in [2.45, 2.75) is 31.2 Å². The fourth-order valence-corrected chi connectivity index (χ4v) is 3.45. The molecule has 1 atom stereocenters. The number of benzene rings is 1. The van der Waals surface area contributed by atoms with Gasteiger partial charge in [0, 0.05) is 37.9 Å². The van der Waals surface area contributed by atoms with Crippen LogP contribution in [0.15, 0.2) is 42.1 Å². The first-order valence-electron chi connectivity index (χ1n) is 8.81. The maximum absolute atomic E-state index is 12.0.